The fraction of sp³-hybridized carbons (Fsp3) is 0.231. The minimum absolute atomic E-state index is 0.531. The van der Waals surface area contributed by atoms with Crippen molar-refractivity contribution in [2.24, 2.45) is 7.05 Å². The van der Waals surface area contributed by atoms with Gasteiger partial charge in [0.2, 0.25) is 0 Å². The van der Waals surface area contributed by atoms with Crippen LogP contribution in [0.1, 0.15) is 5.76 Å². The Morgan fingerprint density at radius 2 is 2.17 bits per heavy atom. The van der Waals surface area contributed by atoms with Crippen LogP contribution in [-0.4, -0.2) is 21.6 Å². The minimum atomic E-state index is 0.531. The number of nitrogens with one attached hydrogen (secondary N) is 1. The van der Waals surface area contributed by atoms with Gasteiger partial charge in [-0.1, -0.05) is 6.07 Å². The molecule has 0 fully saturated rings. The molecule has 0 spiro atoms. The van der Waals surface area contributed by atoms with Gasteiger partial charge in [0.15, 0.2) is 0 Å². The highest BCUT2D eigenvalue weighted by Gasteiger charge is 2.12. The highest BCUT2D eigenvalue weighted by Crippen LogP contribution is 2.27. The summed E-state index contributed by atoms with van der Waals surface area (Å²) in [6.45, 7) is 1.91. The third-order valence-electron chi connectivity index (χ3n) is 3.01. The van der Waals surface area contributed by atoms with Crippen molar-refractivity contribution in [3.63, 3.8) is 0 Å². The molecular formula is C13H14N4O. The van der Waals surface area contributed by atoms with Crippen LogP contribution < -0.4 is 5.32 Å². The van der Waals surface area contributed by atoms with Crippen LogP contribution in [0.4, 0.5) is 6.01 Å². The summed E-state index contributed by atoms with van der Waals surface area (Å²) >= 11 is 0. The summed E-state index contributed by atoms with van der Waals surface area (Å²) in [6.07, 6.45) is 1.81. The smallest absolute Gasteiger partial charge is 0.295 e. The maximum atomic E-state index is 5.49. The first kappa shape index (κ1) is 10.8. The number of rotatable bonds is 2. The Balaban J connectivity index is 2.15. The molecule has 5 nitrogen and oxygen atoms in total. The molecule has 0 atom stereocenters. The number of aryl methyl sites for hydroxylation is 2. The van der Waals surface area contributed by atoms with Gasteiger partial charge in [0.1, 0.15) is 11.5 Å². The standard InChI is InChI=1S/C13H14N4O/c1-8-12(16-13(14-2)18-8)9-4-5-11-10(6-9)15-7-17(11)3/h4-7H,1-3H3,(H,14,16). The molecule has 0 unspecified atom stereocenters. The maximum absolute atomic E-state index is 5.49. The molecule has 1 N–H and O–H groups in total. The summed E-state index contributed by atoms with van der Waals surface area (Å²) in [5.41, 5.74) is 3.94. The van der Waals surface area contributed by atoms with E-state index in [1.165, 1.54) is 0 Å². The van der Waals surface area contributed by atoms with E-state index in [0.29, 0.717) is 6.01 Å². The molecule has 5 heteroatoms. The predicted molar refractivity (Wildman–Crippen MR) is 70.5 cm³/mol. The lowest BCUT2D eigenvalue weighted by atomic mass is 10.1. The van der Waals surface area contributed by atoms with Gasteiger partial charge in [-0.05, 0) is 19.1 Å². The monoisotopic (exact) mass is 242 g/mol. The van der Waals surface area contributed by atoms with E-state index in [1.807, 2.05) is 43.1 Å². The van der Waals surface area contributed by atoms with Crippen LogP contribution in [0, 0.1) is 6.92 Å². The molecule has 2 aromatic heterocycles. The van der Waals surface area contributed by atoms with Crippen LogP contribution >= 0.6 is 0 Å². The van der Waals surface area contributed by atoms with Gasteiger partial charge in [-0.3, -0.25) is 0 Å². The zero-order chi connectivity index (χ0) is 12.7. The fourth-order valence-corrected chi connectivity index (χ4v) is 2.05. The number of nitrogens with zero attached hydrogens (tertiary/aromatic N) is 3. The van der Waals surface area contributed by atoms with E-state index in [0.717, 1.165) is 28.1 Å². The number of imidazole rings is 1. The Morgan fingerprint density at radius 3 is 2.89 bits per heavy atom. The highest BCUT2D eigenvalue weighted by atomic mass is 16.4. The van der Waals surface area contributed by atoms with E-state index in [2.05, 4.69) is 15.3 Å². The van der Waals surface area contributed by atoms with Gasteiger partial charge in [0.05, 0.1) is 17.4 Å². The lowest BCUT2D eigenvalue weighted by Gasteiger charge is -1.98. The van der Waals surface area contributed by atoms with E-state index in [-0.39, 0.29) is 0 Å². The van der Waals surface area contributed by atoms with Crippen LogP contribution in [0.5, 0.6) is 0 Å². The Morgan fingerprint density at radius 1 is 1.33 bits per heavy atom. The quantitative estimate of drug-likeness (QED) is 0.750. The molecule has 3 rings (SSSR count). The molecule has 92 valence electrons. The van der Waals surface area contributed by atoms with E-state index < -0.39 is 0 Å². The first-order valence-electron chi connectivity index (χ1n) is 5.75. The van der Waals surface area contributed by atoms with Crippen LogP contribution in [0.15, 0.2) is 28.9 Å². The maximum Gasteiger partial charge on any atom is 0.295 e. The summed E-state index contributed by atoms with van der Waals surface area (Å²) in [7, 11) is 3.77. The lowest BCUT2D eigenvalue weighted by molar-refractivity contribution is 0.544. The van der Waals surface area contributed by atoms with Gasteiger partial charge in [-0.15, -0.1) is 0 Å². The molecule has 0 saturated carbocycles. The molecule has 18 heavy (non-hydrogen) atoms. The van der Waals surface area contributed by atoms with E-state index in [4.69, 9.17) is 4.42 Å². The molecule has 0 radical (unpaired) electrons. The van der Waals surface area contributed by atoms with Gasteiger partial charge in [-0.2, -0.15) is 4.98 Å². The summed E-state index contributed by atoms with van der Waals surface area (Å²) in [5, 5.41) is 2.90. The number of fused-ring (bicyclic) bond motifs is 1. The van der Waals surface area contributed by atoms with Crippen LogP contribution in [-0.2, 0) is 7.05 Å². The number of hydrogen-bond donors (Lipinski definition) is 1. The third kappa shape index (κ3) is 1.55. The Hall–Kier alpha value is -2.30. The molecule has 0 aliphatic rings. The second-order valence-electron chi connectivity index (χ2n) is 4.23. The van der Waals surface area contributed by atoms with Gasteiger partial charge in [0.25, 0.3) is 6.01 Å². The fourth-order valence-electron chi connectivity index (χ4n) is 2.05. The molecule has 0 bridgehead atoms. The van der Waals surface area contributed by atoms with E-state index in [1.54, 1.807) is 7.05 Å². The van der Waals surface area contributed by atoms with Gasteiger partial charge < -0.3 is 14.3 Å². The Labute approximate surface area is 104 Å². The SMILES string of the molecule is CNc1nc(-c2ccc3c(c2)ncn3C)c(C)o1. The number of anilines is 1. The van der Waals surface area contributed by atoms with E-state index >= 15 is 0 Å². The molecule has 2 heterocycles. The molecular weight excluding hydrogens is 228 g/mol. The number of aromatic nitrogens is 3. The normalized spacial score (nSPS) is 11.1. The van der Waals surface area contributed by atoms with Crippen LogP contribution in [0.3, 0.4) is 0 Å². The Bertz CT molecular complexity index is 711. The van der Waals surface area contributed by atoms with Crippen molar-refractivity contribution in [3.8, 4) is 11.3 Å². The Kier molecular flexibility index (Phi) is 2.33. The minimum Gasteiger partial charge on any atom is -0.428 e. The van der Waals surface area contributed by atoms with Crippen molar-refractivity contribution in [1.82, 2.24) is 14.5 Å². The summed E-state index contributed by atoms with van der Waals surface area (Å²) < 4.78 is 7.48. The number of hydrogen-bond acceptors (Lipinski definition) is 4. The van der Waals surface area contributed by atoms with Crippen molar-refractivity contribution in [3.05, 3.63) is 30.3 Å². The number of oxazole rings is 1. The van der Waals surface area contributed by atoms with Crippen molar-refractivity contribution in [2.75, 3.05) is 12.4 Å². The summed E-state index contributed by atoms with van der Waals surface area (Å²) in [4.78, 5) is 8.75. The third-order valence-corrected chi connectivity index (χ3v) is 3.01. The average molecular weight is 242 g/mol. The summed E-state index contributed by atoms with van der Waals surface area (Å²) in [5.74, 6) is 0.801. The van der Waals surface area contributed by atoms with Crippen molar-refractivity contribution in [1.29, 1.82) is 0 Å². The van der Waals surface area contributed by atoms with E-state index in [9.17, 15) is 0 Å². The molecule has 1 aromatic carbocycles. The van der Waals surface area contributed by atoms with Crippen molar-refractivity contribution < 1.29 is 4.42 Å². The molecule has 0 amide bonds. The van der Waals surface area contributed by atoms with Gasteiger partial charge in [-0.25, -0.2) is 4.98 Å². The molecule has 0 aliphatic carbocycles. The van der Waals surface area contributed by atoms with Gasteiger partial charge in [0, 0.05) is 19.7 Å². The topological polar surface area (TPSA) is 55.9 Å². The van der Waals surface area contributed by atoms with Crippen molar-refractivity contribution in [2.45, 2.75) is 6.92 Å². The first-order valence-corrected chi connectivity index (χ1v) is 5.75. The zero-order valence-corrected chi connectivity index (χ0v) is 10.6. The summed E-state index contributed by atoms with van der Waals surface area (Å²) in [6, 6.07) is 6.64. The molecule has 0 aliphatic heterocycles. The zero-order valence-electron chi connectivity index (χ0n) is 10.6. The first-order chi connectivity index (χ1) is 8.69. The van der Waals surface area contributed by atoms with Crippen LogP contribution in [0.2, 0.25) is 0 Å². The van der Waals surface area contributed by atoms with Crippen molar-refractivity contribution >= 4 is 17.0 Å². The lowest BCUT2D eigenvalue weighted by Crippen LogP contribution is -1.87. The largest absolute Gasteiger partial charge is 0.428 e. The average Bonchev–Trinajstić information content (AvgIpc) is 2.93. The number of benzene rings is 1. The second kappa shape index (κ2) is 3.87. The van der Waals surface area contributed by atoms with Crippen LogP contribution in [0.25, 0.3) is 22.3 Å². The molecule has 0 saturated heterocycles. The second-order valence-corrected chi connectivity index (χ2v) is 4.23. The van der Waals surface area contributed by atoms with Gasteiger partial charge >= 0.3 is 0 Å². The molecule has 3 aromatic rings. The highest BCUT2D eigenvalue weighted by molar-refractivity contribution is 5.81. The predicted octanol–water partition coefficient (Wildman–Crippen LogP) is 2.58.